The zero-order valence-electron chi connectivity index (χ0n) is 18.1. The maximum absolute atomic E-state index is 13.0. The molecule has 1 spiro atoms. The molecule has 166 valence electrons. The van der Waals surface area contributed by atoms with Crippen LogP contribution in [0.3, 0.4) is 0 Å². The van der Waals surface area contributed by atoms with E-state index in [0.717, 1.165) is 36.1 Å². The van der Waals surface area contributed by atoms with Gasteiger partial charge >= 0.3 is 12.0 Å². The van der Waals surface area contributed by atoms with Gasteiger partial charge in [0.25, 0.3) is 11.8 Å². The molecular formula is C23H29N3O5. The number of ether oxygens (including phenoxy) is 1. The second kappa shape index (κ2) is 8.32. The van der Waals surface area contributed by atoms with Crippen molar-refractivity contribution in [3.8, 4) is 0 Å². The molecule has 1 aromatic carbocycles. The highest BCUT2D eigenvalue weighted by Gasteiger charge is 2.55. The normalized spacial score (nSPS) is 26.5. The van der Waals surface area contributed by atoms with E-state index in [9.17, 15) is 19.2 Å². The highest BCUT2D eigenvalue weighted by Crippen LogP contribution is 2.38. The molecule has 1 saturated carbocycles. The van der Waals surface area contributed by atoms with Gasteiger partial charge in [0.15, 0.2) is 6.10 Å². The molecular weight excluding hydrogens is 398 g/mol. The average molecular weight is 428 g/mol. The van der Waals surface area contributed by atoms with Crippen molar-refractivity contribution >= 4 is 23.8 Å². The maximum Gasteiger partial charge on any atom is 0.327 e. The number of nitrogens with one attached hydrogen (secondary N) is 1. The fourth-order valence-electron chi connectivity index (χ4n) is 4.99. The third-order valence-corrected chi connectivity index (χ3v) is 6.89. The van der Waals surface area contributed by atoms with E-state index in [2.05, 4.69) is 11.4 Å². The van der Waals surface area contributed by atoms with Crippen LogP contribution in [0.1, 0.15) is 50.7 Å². The molecule has 0 bridgehead atoms. The fraction of sp³-hybridized carbons (Fsp3) is 0.565. The minimum absolute atomic E-state index is 0.0150. The molecule has 4 amide bonds. The number of amides is 4. The molecule has 3 atom stereocenters. The van der Waals surface area contributed by atoms with Crippen molar-refractivity contribution in [1.29, 1.82) is 0 Å². The van der Waals surface area contributed by atoms with Crippen molar-refractivity contribution in [3.05, 3.63) is 35.4 Å². The number of esters is 1. The van der Waals surface area contributed by atoms with Gasteiger partial charge in [-0.1, -0.05) is 44.0 Å². The van der Waals surface area contributed by atoms with Crippen LogP contribution in [-0.2, 0) is 32.1 Å². The van der Waals surface area contributed by atoms with Crippen LogP contribution < -0.4 is 5.32 Å². The summed E-state index contributed by atoms with van der Waals surface area (Å²) in [5.41, 5.74) is 1.39. The predicted octanol–water partition coefficient (Wildman–Crippen LogP) is 2.00. The van der Waals surface area contributed by atoms with Crippen molar-refractivity contribution in [3.63, 3.8) is 0 Å². The lowest BCUT2D eigenvalue weighted by atomic mass is 9.73. The van der Waals surface area contributed by atoms with Gasteiger partial charge in [0.1, 0.15) is 12.1 Å². The molecule has 1 aromatic rings. The average Bonchev–Trinajstić information content (AvgIpc) is 2.99. The van der Waals surface area contributed by atoms with Crippen LogP contribution in [0.2, 0.25) is 0 Å². The zero-order chi connectivity index (χ0) is 22.2. The van der Waals surface area contributed by atoms with Crippen LogP contribution >= 0.6 is 0 Å². The summed E-state index contributed by atoms with van der Waals surface area (Å²) in [7, 11) is 0. The Morgan fingerprint density at radius 1 is 1.23 bits per heavy atom. The molecule has 1 N–H and O–H groups in total. The van der Waals surface area contributed by atoms with Gasteiger partial charge in [-0.3, -0.25) is 19.3 Å². The van der Waals surface area contributed by atoms with E-state index in [1.165, 1.54) is 12.5 Å². The number of imide groups is 1. The van der Waals surface area contributed by atoms with Crippen LogP contribution in [0.5, 0.6) is 0 Å². The monoisotopic (exact) mass is 427 g/mol. The molecule has 2 heterocycles. The summed E-state index contributed by atoms with van der Waals surface area (Å²) >= 11 is 0. The molecule has 8 nitrogen and oxygen atoms in total. The molecule has 8 heteroatoms. The molecule has 1 saturated heterocycles. The van der Waals surface area contributed by atoms with Gasteiger partial charge in [0.2, 0.25) is 0 Å². The summed E-state index contributed by atoms with van der Waals surface area (Å²) in [6, 6.07) is 7.40. The van der Waals surface area contributed by atoms with E-state index < -0.39 is 30.2 Å². The van der Waals surface area contributed by atoms with Crippen molar-refractivity contribution < 1.29 is 23.9 Å². The first kappa shape index (κ1) is 21.3. The largest absolute Gasteiger partial charge is 0.451 e. The van der Waals surface area contributed by atoms with E-state index in [4.69, 9.17) is 4.74 Å². The second-order valence-corrected chi connectivity index (χ2v) is 8.85. The van der Waals surface area contributed by atoms with Gasteiger partial charge in [-0.2, -0.15) is 0 Å². The highest BCUT2D eigenvalue weighted by molar-refractivity contribution is 6.09. The van der Waals surface area contributed by atoms with E-state index in [0.29, 0.717) is 19.5 Å². The molecule has 31 heavy (non-hydrogen) atoms. The number of fused-ring (bicyclic) bond motifs is 1. The summed E-state index contributed by atoms with van der Waals surface area (Å²) in [5.74, 6) is -1.39. The Labute approximate surface area is 181 Å². The minimum atomic E-state index is -0.985. The second-order valence-electron chi connectivity index (χ2n) is 8.85. The van der Waals surface area contributed by atoms with E-state index in [1.807, 2.05) is 25.1 Å². The smallest absolute Gasteiger partial charge is 0.327 e. The molecule has 2 aliphatic heterocycles. The topological polar surface area (TPSA) is 96.0 Å². The highest BCUT2D eigenvalue weighted by atomic mass is 16.5. The molecule has 0 aromatic heterocycles. The van der Waals surface area contributed by atoms with Crippen molar-refractivity contribution in [2.24, 2.45) is 5.92 Å². The number of carbonyl (C=O) groups is 4. The maximum atomic E-state index is 13.0. The number of hydrogen-bond acceptors (Lipinski definition) is 5. The first-order chi connectivity index (χ1) is 14.8. The Balaban J connectivity index is 1.35. The minimum Gasteiger partial charge on any atom is -0.451 e. The van der Waals surface area contributed by atoms with Crippen LogP contribution in [-0.4, -0.2) is 58.3 Å². The molecule has 0 unspecified atom stereocenters. The van der Waals surface area contributed by atoms with Gasteiger partial charge in [0.05, 0.1) is 0 Å². The Morgan fingerprint density at radius 2 is 1.97 bits per heavy atom. The van der Waals surface area contributed by atoms with Gasteiger partial charge in [-0.25, -0.2) is 4.79 Å². The zero-order valence-corrected chi connectivity index (χ0v) is 18.1. The Kier molecular flexibility index (Phi) is 5.73. The number of nitrogens with zero attached hydrogens (tertiary/aromatic N) is 2. The first-order valence-corrected chi connectivity index (χ1v) is 11.0. The molecule has 0 radical (unpaired) electrons. The summed E-state index contributed by atoms with van der Waals surface area (Å²) in [4.78, 5) is 53.3. The van der Waals surface area contributed by atoms with Crippen LogP contribution in [0.25, 0.3) is 0 Å². The van der Waals surface area contributed by atoms with Gasteiger partial charge in [-0.15, -0.1) is 0 Å². The standard InChI is InChI=1S/C23H29N3O5/c1-15-7-5-6-11-23(15)21(29)26(22(30)24-23)14-19(27)31-16(2)20(28)25-12-10-17-8-3-4-9-18(17)13-25/h3-4,8-9,15-16H,5-7,10-14H2,1-2H3,(H,24,30)/t15-,16-,23+/m0/s1. The van der Waals surface area contributed by atoms with Crippen LogP contribution in [0, 0.1) is 5.92 Å². The van der Waals surface area contributed by atoms with Gasteiger partial charge < -0.3 is 15.0 Å². The van der Waals surface area contributed by atoms with E-state index in [-0.39, 0.29) is 17.7 Å². The summed E-state index contributed by atoms with van der Waals surface area (Å²) in [6.07, 6.45) is 3.09. The molecule has 1 aliphatic carbocycles. The van der Waals surface area contributed by atoms with E-state index in [1.54, 1.807) is 4.90 Å². The Hall–Kier alpha value is -2.90. The van der Waals surface area contributed by atoms with Crippen molar-refractivity contribution in [1.82, 2.24) is 15.1 Å². The van der Waals surface area contributed by atoms with Crippen LogP contribution in [0.15, 0.2) is 24.3 Å². The predicted molar refractivity (Wildman–Crippen MR) is 112 cm³/mol. The SMILES string of the molecule is C[C@H](OC(=O)CN1C(=O)N[C@@]2(CCCC[C@@H]2C)C1=O)C(=O)N1CCc2ccccc2C1. The summed E-state index contributed by atoms with van der Waals surface area (Å²) in [5, 5.41) is 2.82. The molecule has 4 rings (SSSR count). The number of rotatable bonds is 4. The lowest BCUT2D eigenvalue weighted by Crippen LogP contribution is -2.54. The fourth-order valence-corrected chi connectivity index (χ4v) is 4.99. The lowest BCUT2D eigenvalue weighted by Gasteiger charge is -2.36. The summed E-state index contributed by atoms with van der Waals surface area (Å²) < 4.78 is 5.31. The van der Waals surface area contributed by atoms with Gasteiger partial charge in [0, 0.05) is 13.1 Å². The summed E-state index contributed by atoms with van der Waals surface area (Å²) in [6.45, 7) is 4.03. The lowest BCUT2D eigenvalue weighted by molar-refractivity contribution is -0.161. The third kappa shape index (κ3) is 3.91. The number of benzene rings is 1. The van der Waals surface area contributed by atoms with Gasteiger partial charge in [-0.05, 0) is 43.2 Å². The number of urea groups is 1. The van der Waals surface area contributed by atoms with E-state index >= 15 is 0 Å². The molecule has 2 fully saturated rings. The van der Waals surface area contributed by atoms with Crippen molar-refractivity contribution in [2.75, 3.05) is 13.1 Å². The number of hydrogen-bond donors (Lipinski definition) is 1. The third-order valence-electron chi connectivity index (χ3n) is 6.89. The van der Waals surface area contributed by atoms with Crippen LogP contribution in [0.4, 0.5) is 4.79 Å². The molecule has 3 aliphatic rings. The number of carbonyl (C=O) groups excluding carboxylic acids is 4. The first-order valence-electron chi connectivity index (χ1n) is 11.0. The Morgan fingerprint density at radius 3 is 2.71 bits per heavy atom. The quantitative estimate of drug-likeness (QED) is 0.586. The Bertz CT molecular complexity index is 916. The van der Waals surface area contributed by atoms with Crippen molar-refractivity contribution in [2.45, 2.75) is 64.1 Å².